The Labute approximate surface area is 134 Å². The molecular formula is C17H19BrClN. The van der Waals surface area contributed by atoms with Crippen molar-refractivity contribution >= 4 is 27.5 Å². The normalized spacial score (nSPS) is 12.4. The molecule has 1 N–H and O–H groups in total. The minimum absolute atomic E-state index is 0.125. The van der Waals surface area contributed by atoms with Gasteiger partial charge >= 0.3 is 0 Å². The number of halogens is 2. The van der Waals surface area contributed by atoms with Crippen LogP contribution in [0.15, 0.2) is 40.9 Å². The second-order valence-corrected chi connectivity index (χ2v) is 6.32. The summed E-state index contributed by atoms with van der Waals surface area (Å²) in [4.78, 5) is 0. The lowest BCUT2D eigenvalue weighted by Gasteiger charge is -2.21. The maximum Gasteiger partial charge on any atom is 0.0591 e. The average molecular weight is 353 g/mol. The minimum Gasteiger partial charge on any atom is -0.306 e. The molecule has 106 valence electrons. The first-order valence-corrected chi connectivity index (χ1v) is 7.95. The van der Waals surface area contributed by atoms with E-state index in [0.29, 0.717) is 0 Å². The van der Waals surface area contributed by atoms with E-state index in [-0.39, 0.29) is 6.04 Å². The molecule has 0 aliphatic heterocycles. The van der Waals surface area contributed by atoms with Crippen molar-refractivity contribution in [3.8, 4) is 0 Å². The summed E-state index contributed by atoms with van der Waals surface area (Å²) in [6, 6.07) is 12.7. The third kappa shape index (κ3) is 3.43. The van der Waals surface area contributed by atoms with E-state index in [1.807, 2.05) is 0 Å². The van der Waals surface area contributed by atoms with Gasteiger partial charge in [0.25, 0.3) is 0 Å². The Hall–Kier alpha value is -0.830. The maximum atomic E-state index is 6.46. The molecular weight excluding hydrogens is 334 g/mol. The first-order chi connectivity index (χ1) is 9.52. The summed E-state index contributed by atoms with van der Waals surface area (Å²) < 4.78 is 1.09. The van der Waals surface area contributed by atoms with E-state index in [9.17, 15) is 0 Å². The molecule has 0 heterocycles. The van der Waals surface area contributed by atoms with E-state index in [1.165, 1.54) is 16.7 Å². The van der Waals surface area contributed by atoms with E-state index in [0.717, 1.165) is 21.6 Å². The largest absolute Gasteiger partial charge is 0.306 e. The molecule has 2 aromatic rings. The van der Waals surface area contributed by atoms with Crippen LogP contribution in [0.2, 0.25) is 5.02 Å². The molecule has 20 heavy (non-hydrogen) atoms. The highest BCUT2D eigenvalue weighted by atomic mass is 79.9. The monoisotopic (exact) mass is 351 g/mol. The van der Waals surface area contributed by atoms with Gasteiger partial charge < -0.3 is 5.32 Å². The van der Waals surface area contributed by atoms with Crippen molar-refractivity contribution in [1.29, 1.82) is 0 Å². The van der Waals surface area contributed by atoms with Crippen LogP contribution in [0.5, 0.6) is 0 Å². The fraction of sp³-hybridized carbons (Fsp3) is 0.294. The van der Waals surface area contributed by atoms with E-state index >= 15 is 0 Å². The van der Waals surface area contributed by atoms with Gasteiger partial charge in [0.2, 0.25) is 0 Å². The Morgan fingerprint density at radius 2 is 1.70 bits per heavy atom. The molecule has 0 saturated carbocycles. The zero-order chi connectivity index (χ0) is 14.7. The Morgan fingerprint density at radius 3 is 2.30 bits per heavy atom. The highest BCUT2D eigenvalue weighted by molar-refractivity contribution is 9.10. The molecule has 2 aromatic carbocycles. The molecule has 1 nitrogen and oxygen atoms in total. The van der Waals surface area contributed by atoms with Crippen molar-refractivity contribution in [2.75, 3.05) is 6.54 Å². The maximum absolute atomic E-state index is 6.46. The highest BCUT2D eigenvalue weighted by Crippen LogP contribution is 2.31. The van der Waals surface area contributed by atoms with Gasteiger partial charge in [-0.3, -0.25) is 0 Å². The standard InChI is InChI=1S/C17H19BrClN/c1-4-20-17(13-5-7-14(18)8-6-13)15-9-11(2)12(3)10-16(15)19/h5-10,17,20H,4H2,1-3H3. The average Bonchev–Trinajstić information content (AvgIpc) is 2.42. The van der Waals surface area contributed by atoms with Crippen molar-refractivity contribution in [3.63, 3.8) is 0 Å². The third-order valence-corrected chi connectivity index (χ3v) is 4.39. The van der Waals surface area contributed by atoms with Crippen molar-refractivity contribution in [3.05, 3.63) is 68.1 Å². The fourth-order valence-electron chi connectivity index (χ4n) is 2.29. The first kappa shape index (κ1) is 15.6. The van der Waals surface area contributed by atoms with Crippen LogP contribution in [-0.4, -0.2) is 6.54 Å². The van der Waals surface area contributed by atoms with Gasteiger partial charge in [-0.15, -0.1) is 0 Å². The van der Waals surface area contributed by atoms with E-state index in [2.05, 4.69) is 78.4 Å². The van der Waals surface area contributed by atoms with Gasteiger partial charge in [-0.1, -0.05) is 52.7 Å². The zero-order valence-corrected chi connectivity index (χ0v) is 14.3. The molecule has 1 unspecified atom stereocenters. The van der Waals surface area contributed by atoms with Gasteiger partial charge in [-0.2, -0.15) is 0 Å². The molecule has 3 heteroatoms. The second-order valence-electron chi connectivity index (χ2n) is 5.00. The molecule has 0 bridgehead atoms. The number of hydrogen-bond donors (Lipinski definition) is 1. The first-order valence-electron chi connectivity index (χ1n) is 6.78. The SMILES string of the molecule is CCNC(c1ccc(Br)cc1)c1cc(C)c(C)cc1Cl. The third-order valence-electron chi connectivity index (χ3n) is 3.54. The number of rotatable bonds is 4. The summed E-state index contributed by atoms with van der Waals surface area (Å²) >= 11 is 9.94. The summed E-state index contributed by atoms with van der Waals surface area (Å²) in [5.74, 6) is 0. The van der Waals surface area contributed by atoms with Crippen molar-refractivity contribution in [1.82, 2.24) is 5.32 Å². The fourth-order valence-corrected chi connectivity index (χ4v) is 2.88. The summed E-state index contributed by atoms with van der Waals surface area (Å²) in [6.45, 7) is 7.22. The van der Waals surface area contributed by atoms with E-state index in [1.54, 1.807) is 0 Å². The molecule has 0 radical (unpaired) electrons. The van der Waals surface area contributed by atoms with Crippen LogP contribution in [0.4, 0.5) is 0 Å². The Bertz CT molecular complexity index is 593. The van der Waals surface area contributed by atoms with Crippen LogP contribution in [0.1, 0.15) is 35.2 Å². The minimum atomic E-state index is 0.125. The van der Waals surface area contributed by atoms with Crippen LogP contribution in [-0.2, 0) is 0 Å². The van der Waals surface area contributed by atoms with Crippen molar-refractivity contribution in [2.24, 2.45) is 0 Å². The van der Waals surface area contributed by atoms with Gasteiger partial charge in [0.1, 0.15) is 0 Å². The smallest absolute Gasteiger partial charge is 0.0591 e. The predicted molar refractivity (Wildman–Crippen MR) is 90.6 cm³/mol. The van der Waals surface area contributed by atoms with Crippen LogP contribution in [0.3, 0.4) is 0 Å². The lowest BCUT2D eigenvalue weighted by Crippen LogP contribution is -2.22. The number of benzene rings is 2. The Kier molecular flexibility index (Phi) is 5.25. The van der Waals surface area contributed by atoms with Crippen molar-refractivity contribution in [2.45, 2.75) is 26.8 Å². The van der Waals surface area contributed by atoms with Crippen LogP contribution in [0.25, 0.3) is 0 Å². The summed E-state index contributed by atoms with van der Waals surface area (Å²) in [6.07, 6.45) is 0. The number of hydrogen-bond acceptors (Lipinski definition) is 1. The molecule has 0 fully saturated rings. The van der Waals surface area contributed by atoms with Crippen LogP contribution in [0, 0.1) is 13.8 Å². The van der Waals surface area contributed by atoms with E-state index in [4.69, 9.17) is 11.6 Å². The van der Waals surface area contributed by atoms with Gasteiger partial charge in [-0.25, -0.2) is 0 Å². The van der Waals surface area contributed by atoms with Crippen LogP contribution < -0.4 is 5.32 Å². The van der Waals surface area contributed by atoms with E-state index < -0.39 is 0 Å². The lowest BCUT2D eigenvalue weighted by molar-refractivity contribution is 0.630. The zero-order valence-electron chi connectivity index (χ0n) is 12.0. The molecule has 0 saturated heterocycles. The second kappa shape index (κ2) is 6.75. The van der Waals surface area contributed by atoms with Crippen LogP contribution >= 0.6 is 27.5 Å². The van der Waals surface area contributed by atoms with Gasteiger partial charge in [-0.05, 0) is 60.8 Å². The molecule has 0 aliphatic rings. The number of aryl methyl sites for hydroxylation is 2. The Morgan fingerprint density at radius 1 is 1.10 bits per heavy atom. The number of nitrogens with one attached hydrogen (secondary N) is 1. The summed E-state index contributed by atoms with van der Waals surface area (Å²) in [5.41, 5.74) is 4.85. The van der Waals surface area contributed by atoms with Gasteiger partial charge in [0.15, 0.2) is 0 Å². The topological polar surface area (TPSA) is 12.0 Å². The van der Waals surface area contributed by atoms with Gasteiger partial charge in [0, 0.05) is 9.50 Å². The van der Waals surface area contributed by atoms with Crippen molar-refractivity contribution < 1.29 is 0 Å². The molecule has 0 amide bonds. The highest BCUT2D eigenvalue weighted by Gasteiger charge is 2.17. The molecule has 0 spiro atoms. The van der Waals surface area contributed by atoms with Gasteiger partial charge in [0.05, 0.1) is 6.04 Å². The molecule has 0 aliphatic carbocycles. The Balaban J connectivity index is 2.48. The lowest BCUT2D eigenvalue weighted by atomic mass is 9.95. The summed E-state index contributed by atoms with van der Waals surface area (Å²) in [5, 5.41) is 4.34. The quantitative estimate of drug-likeness (QED) is 0.775. The summed E-state index contributed by atoms with van der Waals surface area (Å²) in [7, 11) is 0. The molecule has 0 aromatic heterocycles. The molecule has 1 atom stereocenters. The molecule has 2 rings (SSSR count). The predicted octanol–water partition coefficient (Wildman–Crippen LogP) is 5.42.